The standard InChI is InChI=1S/C13H17ClO2/c1-13(2,3)10-6-9(7-11(14)8-10)12-15-4-5-16-12/h6-8,12H,4-5H2,1-3H3. The maximum absolute atomic E-state index is 6.12. The van der Waals surface area contributed by atoms with E-state index in [4.69, 9.17) is 21.1 Å². The number of rotatable bonds is 1. The van der Waals surface area contributed by atoms with Gasteiger partial charge in [0, 0.05) is 10.6 Å². The Balaban J connectivity index is 2.35. The summed E-state index contributed by atoms with van der Waals surface area (Å²) < 4.78 is 11.0. The topological polar surface area (TPSA) is 18.5 Å². The molecule has 0 unspecified atom stereocenters. The molecule has 1 aromatic carbocycles. The highest BCUT2D eigenvalue weighted by Gasteiger charge is 2.22. The molecule has 0 aliphatic carbocycles. The minimum Gasteiger partial charge on any atom is -0.346 e. The Morgan fingerprint density at radius 3 is 2.31 bits per heavy atom. The molecule has 1 saturated heterocycles. The lowest BCUT2D eigenvalue weighted by Crippen LogP contribution is -2.12. The minimum absolute atomic E-state index is 0.0816. The van der Waals surface area contributed by atoms with E-state index >= 15 is 0 Å². The van der Waals surface area contributed by atoms with Crippen molar-refractivity contribution in [1.29, 1.82) is 0 Å². The van der Waals surface area contributed by atoms with Crippen molar-refractivity contribution in [2.45, 2.75) is 32.5 Å². The third-order valence-electron chi connectivity index (χ3n) is 2.68. The summed E-state index contributed by atoms with van der Waals surface area (Å²) in [4.78, 5) is 0. The van der Waals surface area contributed by atoms with Crippen LogP contribution in [0.5, 0.6) is 0 Å². The van der Waals surface area contributed by atoms with Crippen molar-refractivity contribution in [2.75, 3.05) is 13.2 Å². The van der Waals surface area contributed by atoms with E-state index in [0.29, 0.717) is 13.2 Å². The second-order valence-electron chi connectivity index (χ2n) is 5.10. The van der Waals surface area contributed by atoms with Gasteiger partial charge in [0.25, 0.3) is 0 Å². The summed E-state index contributed by atoms with van der Waals surface area (Å²) in [5.41, 5.74) is 2.29. The molecule has 2 nitrogen and oxygen atoms in total. The number of halogens is 1. The van der Waals surface area contributed by atoms with Crippen molar-refractivity contribution in [3.8, 4) is 0 Å². The van der Waals surface area contributed by atoms with Crippen LogP contribution >= 0.6 is 11.6 Å². The zero-order chi connectivity index (χ0) is 11.8. The molecule has 0 bridgehead atoms. The molecule has 1 aliphatic rings. The Morgan fingerprint density at radius 2 is 1.75 bits per heavy atom. The van der Waals surface area contributed by atoms with E-state index in [1.54, 1.807) is 0 Å². The normalized spacial score (nSPS) is 18.0. The van der Waals surface area contributed by atoms with Crippen LogP contribution in [0.25, 0.3) is 0 Å². The summed E-state index contributed by atoms with van der Waals surface area (Å²) in [5.74, 6) is 0. The fraction of sp³-hybridized carbons (Fsp3) is 0.538. The van der Waals surface area contributed by atoms with Crippen LogP contribution in [0.2, 0.25) is 5.02 Å². The molecule has 0 aromatic heterocycles. The van der Waals surface area contributed by atoms with Gasteiger partial charge in [0.15, 0.2) is 6.29 Å². The van der Waals surface area contributed by atoms with E-state index in [1.807, 2.05) is 12.1 Å². The van der Waals surface area contributed by atoms with Gasteiger partial charge in [0.05, 0.1) is 13.2 Å². The molecule has 1 heterocycles. The van der Waals surface area contributed by atoms with Gasteiger partial charge in [0.2, 0.25) is 0 Å². The zero-order valence-electron chi connectivity index (χ0n) is 9.92. The van der Waals surface area contributed by atoms with Crippen LogP contribution in [0.15, 0.2) is 18.2 Å². The molecule has 1 fully saturated rings. The fourth-order valence-corrected chi connectivity index (χ4v) is 1.98. The van der Waals surface area contributed by atoms with Crippen LogP contribution in [0.3, 0.4) is 0 Å². The maximum Gasteiger partial charge on any atom is 0.184 e. The smallest absolute Gasteiger partial charge is 0.184 e. The fourth-order valence-electron chi connectivity index (χ4n) is 1.73. The third-order valence-corrected chi connectivity index (χ3v) is 2.90. The van der Waals surface area contributed by atoms with Gasteiger partial charge in [-0.25, -0.2) is 0 Å². The molecule has 1 aliphatic heterocycles. The van der Waals surface area contributed by atoms with E-state index in [9.17, 15) is 0 Å². The second kappa shape index (κ2) is 4.36. The molecule has 0 amide bonds. The third kappa shape index (κ3) is 2.57. The van der Waals surface area contributed by atoms with Crippen molar-refractivity contribution in [3.05, 3.63) is 34.3 Å². The molecule has 0 radical (unpaired) electrons. The van der Waals surface area contributed by atoms with Crippen molar-refractivity contribution < 1.29 is 9.47 Å². The first kappa shape index (κ1) is 11.9. The van der Waals surface area contributed by atoms with Gasteiger partial charge < -0.3 is 9.47 Å². The average Bonchev–Trinajstić information content (AvgIpc) is 2.68. The molecule has 0 N–H and O–H groups in total. The summed E-state index contributed by atoms with van der Waals surface area (Å²) in [7, 11) is 0. The molecule has 2 rings (SSSR count). The lowest BCUT2D eigenvalue weighted by Gasteiger charge is -2.21. The van der Waals surface area contributed by atoms with Gasteiger partial charge in [-0.15, -0.1) is 0 Å². The van der Waals surface area contributed by atoms with Gasteiger partial charge in [-0.3, -0.25) is 0 Å². The van der Waals surface area contributed by atoms with Gasteiger partial charge in [-0.2, -0.15) is 0 Å². The predicted molar refractivity (Wildman–Crippen MR) is 64.8 cm³/mol. The first-order valence-corrected chi connectivity index (χ1v) is 5.89. The Morgan fingerprint density at radius 1 is 1.12 bits per heavy atom. The predicted octanol–water partition coefficient (Wildman–Crippen LogP) is 3.68. The van der Waals surface area contributed by atoms with Gasteiger partial charge in [0.1, 0.15) is 0 Å². The van der Waals surface area contributed by atoms with Crippen LogP contribution in [-0.4, -0.2) is 13.2 Å². The lowest BCUT2D eigenvalue weighted by atomic mass is 9.86. The largest absolute Gasteiger partial charge is 0.346 e. The summed E-state index contributed by atoms with van der Waals surface area (Å²) in [6.45, 7) is 7.81. The minimum atomic E-state index is -0.250. The molecular formula is C13H17ClO2. The van der Waals surface area contributed by atoms with E-state index in [1.165, 1.54) is 5.56 Å². The summed E-state index contributed by atoms with van der Waals surface area (Å²) in [6, 6.07) is 6.02. The molecule has 3 heteroatoms. The SMILES string of the molecule is CC(C)(C)c1cc(Cl)cc(C2OCCO2)c1. The zero-order valence-corrected chi connectivity index (χ0v) is 10.7. The van der Waals surface area contributed by atoms with Crippen molar-refractivity contribution in [1.82, 2.24) is 0 Å². The molecular weight excluding hydrogens is 224 g/mol. The highest BCUT2D eigenvalue weighted by Crippen LogP contribution is 2.31. The quantitative estimate of drug-likeness (QED) is 0.746. The highest BCUT2D eigenvalue weighted by atomic mass is 35.5. The number of benzene rings is 1. The van der Waals surface area contributed by atoms with Crippen LogP contribution in [0.4, 0.5) is 0 Å². The molecule has 88 valence electrons. The summed E-state index contributed by atoms with van der Waals surface area (Å²) in [6.07, 6.45) is -0.250. The lowest BCUT2D eigenvalue weighted by molar-refractivity contribution is -0.0441. The Kier molecular flexibility index (Phi) is 3.24. The van der Waals surface area contributed by atoms with E-state index < -0.39 is 0 Å². The van der Waals surface area contributed by atoms with Crippen LogP contribution in [0, 0.1) is 0 Å². The Bertz CT molecular complexity index is 376. The van der Waals surface area contributed by atoms with E-state index in [-0.39, 0.29) is 11.7 Å². The Labute approximate surface area is 102 Å². The van der Waals surface area contributed by atoms with E-state index in [2.05, 4.69) is 26.8 Å². The van der Waals surface area contributed by atoms with E-state index in [0.717, 1.165) is 10.6 Å². The van der Waals surface area contributed by atoms with Crippen LogP contribution in [-0.2, 0) is 14.9 Å². The summed E-state index contributed by atoms with van der Waals surface area (Å²) >= 11 is 6.12. The van der Waals surface area contributed by atoms with Crippen LogP contribution < -0.4 is 0 Å². The molecule has 1 aromatic rings. The highest BCUT2D eigenvalue weighted by molar-refractivity contribution is 6.30. The second-order valence-corrected chi connectivity index (χ2v) is 5.53. The monoisotopic (exact) mass is 240 g/mol. The maximum atomic E-state index is 6.12. The van der Waals surface area contributed by atoms with Crippen molar-refractivity contribution >= 4 is 11.6 Å². The molecule has 0 spiro atoms. The van der Waals surface area contributed by atoms with Crippen molar-refractivity contribution in [3.63, 3.8) is 0 Å². The number of hydrogen-bond acceptors (Lipinski definition) is 2. The molecule has 0 saturated carbocycles. The van der Waals surface area contributed by atoms with Crippen molar-refractivity contribution in [2.24, 2.45) is 0 Å². The molecule has 0 atom stereocenters. The average molecular weight is 241 g/mol. The Hall–Kier alpha value is -0.570. The number of hydrogen-bond donors (Lipinski definition) is 0. The van der Waals surface area contributed by atoms with Crippen LogP contribution in [0.1, 0.15) is 38.2 Å². The first-order chi connectivity index (χ1) is 7.47. The van der Waals surface area contributed by atoms with Gasteiger partial charge >= 0.3 is 0 Å². The van der Waals surface area contributed by atoms with Gasteiger partial charge in [-0.1, -0.05) is 38.4 Å². The number of ether oxygens (including phenoxy) is 2. The summed E-state index contributed by atoms with van der Waals surface area (Å²) in [5, 5.41) is 0.738. The van der Waals surface area contributed by atoms with Gasteiger partial charge in [-0.05, 0) is 23.1 Å². The molecule has 16 heavy (non-hydrogen) atoms. The first-order valence-electron chi connectivity index (χ1n) is 5.51.